The topological polar surface area (TPSA) is 15.8 Å². The average Bonchev–Trinajstić information content (AvgIpc) is 2.71. The zero-order valence-corrected chi connectivity index (χ0v) is 10.9. The first-order valence-corrected chi connectivity index (χ1v) is 7.25. The second-order valence-corrected chi connectivity index (χ2v) is 5.50. The Bertz CT molecular complexity index is 566. The summed E-state index contributed by atoms with van der Waals surface area (Å²) in [5, 5.41) is 3.63. The molecule has 0 saturated carbocycles. The SMILES string of the molecule is CCCCCc1[nH]c2cccc3c2c1SC=C3. The van der Waals surface area contributed by atoms with Crippen LogP contribution in [0, 0.1) is 0 Å². The Hall–Kier alpha value is -1.15. The molecule has 3 rings (SSSR count). The molecule has 0 fully saturated rings. The van der Waals surface area contributed by atoms with E-state index in [9.17, 15) is 0 Å². The number of aromatic nitrogens is 1. The summed E-state index contributed by atoms with van der Waals surface area (Å²) in [5.41, 5.74) is 4.07. The van der Waals surface area contributed by atoms with Gasteiger partial charge in [-0.25, -0.2) is 0 Å². The summed E-state index contributed by atoms with van der Waals surface area (Å²) in [7, 11) is 0. The Labute approximate surface area is 106 Å². The van der Waals surface area contributed by atoms with Gasteiger partial charge in [-0.3, -0.25) is 0 Å². The third kappa shape index (κ3) is 1.91. The smallest absolute Gasteiger partial charge is 0.0473 e. The zero-order valence-electron chi connectivity index (χ0n) is 10.1. The van der Waals surface area contributed by atoms with Crippen molar-refractivity contribution in [3.63, 3.8) is 0 Å². The van der Waals surface area contributed by atoms with E-state index in [-0.39, 0.29) is 0 Å². The van der Waals surface area contributed by atoms with Crippen LogP contribution in [0.4, 0.5) is 0 Å². The fourth-order valence-electron chi connectivity index (χ4n) is 2.47. The summed E-state index contributed by atoms with van der Waals surface area (Å²) < 4.78 is 0. The number of hydrogen-bond donors (Lipinski definition) is 1. The van der Waals surface area contributed by atoms with Gasteiger partial charge in [0.05, 0.1) is 0 Å². The van der Waals surface area contributed by atoms with Gasteiger partial charge in [-0.2, -0.15) is 0 Å². The Morgan fingerprint density at radius 1 is 1.24 bits per heavy atom. The van der Waals surface area contributed by atoms with E-state index >= 15 is 0 Å². The third-order valence-electron chi connectivity index (χ3n) is 3.35. The van der Waals surface area contributed by atoms with E-state index in [4.69, 9.17) is 0 Å². The third-order valence-corrected chi connectivity index (χ3v) is 4.31. The fraction of sp³-hybridized carbons (Fsp3) is 0.333. The Morgan fingerprint density at radius 3 is 3.06 bits per heavy atom. The molecule has 0 spiro atoms. The minimum atomic E-state index is 1.18. The molecule has 1 aliphatic rings. The normalized spacial score (nSPS) is 13.5. The maximum Gasteiger partial charge on any atom is 0.0473 e. The predicted octanol–water partition coefficient (Wildman–Crippen LogP) is 4.98. The van der Waals surface area contributed by atoms with Crippen LogP contribution in [-0.4, -0.2) is 4.98 Å². The first kappa shape index (κ1) is 11.0. The van der Waals surface area contributed by atoms with Crippen molar-refractivity contribution in [2.45, 2.75) is 37.5 Å². The van der Waals surface area contributed by atoms with Crippen LogP contribution in [-0.2, 0) is 6.42 Å². The molecule has 0 amide bonds. The maximum absolute atomic E-state index is 3.59. The van der Waals surface area contributed by atoms with Gasteiger partial charge in [0, 0.05) is 21.5 Å². The minimum absolute atomic E-state index is 1.18. The molecule has 1 nitrogen and oxygen atoms in total. The van der Waals surface area contributed by atoms with Crippen LogP contribution in [0.25, 0.3) is 17.0 Å². The molecule has 88 valence electrons. The molecule has 2 aromatic rings. The molecule has 0 saturated heterocycles. The highest BCUT2D eigenvalue weighted by molar-refractivity contribution is 8.02. The van der Waals surface area contributed by atoms with Crippen molar-refractivity contribution in [2.24, 2.45) is 0 Å². The number of aromatic amines is 1. The maximum atomic E-state index is 3.59. The van der Waals surface area contributed by atoms with Crippen molar-refractivity contribution in [1.29, 1.82) is 0 Å². The van der Waals surface area contributed by atoms with Gasteiger partial charge in [0.15, 0.2) is 0 Å². The summed E-state index contributed by atoms with van der Waals surface area (Å²) in [4.78, 5) is 5.05. The van der Waals surface area contributed by atoms with Crippen molar-refractivity contribution < 1.29 is 0 Å². The molecule has 17 heavy (non-hydrogen) atoms. The van der Waals surface area contributed by atoms with E-state index in [0.717, 1.165) is 0 Å². The van der Waals surface area contributed by atoms with Crippen molar-refractivity contribution in [3.8, 4) is 0 Å². The molecule has 1 N–H and O–H groups in total. The number of hydrogen-bond acceptors (Lipinski definition) is 1. The number of thioether (sulfide) groups is 1. The van der Waals surface area contributed by atoms with E-state index in [0.29, 0.717) is 0 Å². The number of unbranched alkanes of at least 4 members (excludes halogenated alkanes) is 2. The molecule has 0 atom stereocenters. The summed E-state index contributed by atoms with van der Waals surface area (Å²) >= 11 is 1.86. The first-order valence-electron chi connectivity index (χ1n) is 6.37. The number of H-pyrrole nitrogens is 1. The first-order chi connectivity index (χ1) is 8.40. The van der Waals surface area contributed by atoms with Gasteiger partial charge >= 0.3 is 0 Å². The van der Waals surface area contributed by atoms with Gasteiger partial charge < -0.3 is 4.98 Å². The fourth-order valence-corrected chi connectivity index (χ4v) is 3.46. The average molecular weight is 243 g/mol. The van der Waals surface area contributed by atoms with Crippen LogP contribution in [0.3, 0.4) is 0 Å². The van der Waals surface area contributed by atoms with Gasteiger partial charge in [-0.1, -0.05) is 43.7 Å². The predicted molar refractivity (Wildman–Crippen MR) is 76.4 cm³/mol. The summed E-state index contributed by atoms with van der Waals surface area (Å²) in [5.74, 6) is 0. The summed E-state index contributed by atoms with van der Waals surface area (Å²) in [6, 6.07) is 6.52. The van der Waals surface area contributed by atoms with Gasteiger partial charge in [0.25, 0.3) is 0 Å². The summed E-state index contributed by atoms with van der Waals surface area (Å²) in [6.07, 6.45) is 7.29. The van der Waals surface area contributed by atoms with E-state index in [1.165, 1.54) is 52.7 Å². The number of aryl methyl sites for hydroxylation is 1. The highest BCUT2D eigenvalue weighted by Crippen LogP contribution is 2.39. The molecule has 1 aromatic heterocycles. The van der Waals surface area contributed by atoms with Gasteiger partial charge in [-0.05, 0) is 36.0 Å². The quantitative estimate of drug-likeness (QED) is 0.749. The number of nitrogens with one attached hydrogen (secondary N) is 1. The number of benzene rings is 1. The lowest BCUT2D eigenvalue weighted by molar-refractivity contribution is 0.705. The highest BCUT2D eigenvalue weighted by Gasteiger charge is 2.15. The Balaban J connectivity index is 2.02. The zero-order chi connectivity index (χ0) is 11.7. The van der Waals surface area contributed by atoms with Crippen LogP contribution in [0.15, 0.2) is 28.5 Å². The van der Waals surface area contributed by atoms with Crippen molar-refractivity contribution in [2.75, 3.05) is 0 Å². The lowest BCUT2D eigenvalue weighted by Crippen LogP contribution is -1.88. The van der Waals surface area contributed by atoms with E-state index < -0.39 is 0 Å². The van der Waals surface area contributed by atoms with Gasteiger partial charge in [-0.15, -0.1) is 0 Å². The van der Waals surface area contributed by atoms with Crippen LogP contribution in [0.2, 0.25) is 0 Å². The molecule has 1 aliphatic heterocycles. The number of rotatable bonds is 4. The van der Waals surface area contributed by atoms with Gasteiger partial charge in [0.1, 0.15) is 0 Å². The highest BCUT2D eigenvalue weighted by atomic mass is 32.2. The molecule has 0 bridgehead atoms. The second kappa shape index (κ2) is 4.61. The lowest BCUT2D eigenvalue weighted by Gasteiger charge is -2.07. The molecule has 2 heterocycles. The largest absolute Gasteiger partial charge is 0.357 e. The van der Waals surface area contributed by atoms with E-state index in [2.05, 4.69) is 41.6 Å². The molecular weight excluding hydrogens is 226 g/mol. The van der Waals surface area contributed by atoms with E-state index in [1.807, 2.05) is 11.8 Å². The Kier molecular flexibility index (Phi) is 2.98. The van der Waals surface area contributed by atoms with Crippen LogP contribution >= 0.6 is 11.8 Å². The summed E-state index contributed by atoms with van der Waals surface area (Å²) in [6.45, 7) is 2.25. The standard InChI is InChI=1S/C15H17NS/c1-2-3-4-7-13-15-14-11(9-10-17-15)6-5-8-12(14)16-13/h5-6,8-10,16H,2-4,7H2,1H3. The molecule has 1 aromatic carbocycles. The molecule has 0 unspecified atom stereocenters. The second-order valence-electron chi connectivity index (χ2n) is 4.58. The van der Waals surface area contributed by atoms with Gasteiger partial charge in [0.2, 0.25) is 0 Å². The van der Waals surface area contributed by atoms with Crippen molar-refractivity contribution in [3.05, 3.63) is 34.9 Å². The lowest BCUT2D eigenvalue weighted by atomic mass is 10.1. The monoisotopic (exact) mass is 243 g/mol. The molecular formula is C15H17NS. The molecule has 0 radical (unpaired) electrons. The van der Waals surface area contributed by atoms with Crippen molar-refractivity contribution in [1.82, 2.24) is 4.98 Å². The van der Waals surface area contributed by atoms with Crippen LogP contribution in [0.1, 0.15) is 37.4 Å². The van der Waals surface area contributed by atoms with Crippen LogP contribution in [0.5, 0.6) is 0 Å². The van der Waals surface area contributed by atoms with Crippen molar-refractivity contribution >= 4 is 28.7 Å². The molecule has 0 aliphatic carbocycles. The Morgan fingerprint density at radius 2 is 2.18 bits per heavy atom. The molecule has 2 heteroatoms. The van der Waals surface area contributed by atoms with Crippen LogP contribution < -0.4 is 0 Å². The minimum Gasteiger partial charge on any atom is -0.357 e. The van der Waals surface area contributed by atoms with E-state index in [1.54, 1.807) is 0 Å².